The average Bonchev–Trinajstić information content (AvgIpc) is 2.05. The summed E-state index contributed by atoms with van der Waals surface area (Å²) in [5, 5.41) is 0. The van der Waals surface area contributed by atoms with Gasteiger partial charge in [0, 0.05) is 18.8 Å². The van der Waals surface area contributed by atoms with E-state index < -0.39 is 0 Å². The second kappa shape index (κ2) is 3.06. The zero-order valence-electron chi connectivity index (χ0n) is 5.74. The Morgan fingerprint density at radius 1 is 1.60 bits per heavy atom. The zero-order valence-corrected chi connectivity index (χ0v) is 5.74. The molecule has 1 heterocycles. The number of hydrogen-bond donors (Lipinski definition) is 0. The third-order valence-electron chi connectivity index (χ3n) is 1.17. The minimum Gasteiger partial charge on any atom is -0.292 e. The first kappa shape index (κ1) is 6.86. The number of Topliss-reactive ketones (excluding diaryl/α,β-unsaturated/α-hetero) is 1. The van der Waals surface area contributed by atoms with Crippen molar-refractivity contribution in [1.29, 1.82) is 0 Å². The van der Waals surface area contributed by atoms with Crippen molar-refractivity contribution in [2.45, 2.75) is 13.3 Å². The van der Waals surface area contributed by atoms with E-state index in [9.17, 15) is 4.79 Å². The molecular formula is C7H8N2O. The molecule has 1 rings (SSSR count). The van der Waals surface area contributed by atoms with Crippen LogP contribution in [0.3, 0.4) is 0 Å². The van der Waals surface area contributed by atoms with Gasteiger partial charge in [-0.1, -0.05) is 6.92 Å². The average molecular weight is 136 g/mol. The van der Waals surface area contributed by atoms with Crippen molar-refractivity contribution in [3.63, 3.8) is 0 Å². The molecule has 0 saturated carbocycles. The molecule has 1 aromatic rings. The summed E-state index contributed by atoms with van der Waals surface area (Å²) >= 11 is 0. The maximum absolute atomic E-state index is 10.9. The zero-order chi connectivity index (χ0) is 7.40. The largest absolute Gasteiger partial charge is 0.292 e. The number of rotatable bonds is 2. The van der Waals surface area contributed by atoms with Crippen molar-refractivity contribution in [2.24, 2.45) is 0 Å². The summed E-state index contributed by atoms with van der Waals surface area (Å²) in [5.41, 5.74) is 0.449. The van der Waals surface area contributed by atoms with Crippen LogP contribution in [0.15, 0.2) is 18.6 Å². The molecule has 0 unspecified atom stereocenters. The first-order valence-electron chi connectivity index (χ1n) is 3.13. The molecule has 0 aliphatic heterocycles. The highest BCUT2D eigenvalue weighted by atomic mass is 16.1. The highest BCUT2D eigenvalue weighted by molar-refractivity contribution is 5.93. The maximum atomic E-state index is 10.9. The molecule has 0 saturated heterocycles. The lowest BCUT2D eigenvalue weighted by Crippen LogP contribution is -1.99. The molecule has 3 nitrogen and oxygen atoms in total. The van der Waals surface area contributed by atoms with Crippen LogP contribution in [0.5, 0.6) is 0 Å². The smallest absolute Gasteiger partial charge is 0.182 e. The summed E-state index contributed by atoms with van der Waals surface area (Å²) < 4.78 is 0. The van der Waals surface area contributed by atoms with Gasteiger partial charge in [0.15, 0.2) is 5.78 Å². The van der Waals surface area contributed by atoms with Crippen LogP contribution in [0, 0.1) is 0 Å². The Morgan fingerprint density at radius 2 is 2.40 bits per heavy atom. The highest BCUT2D eigenvalue weighted by Gasteiger charge is 2.01. The van der Waals surface area contributed by atoms with Crippen LogP contribution in [-0.2, 0) is 0 Å². The SMILES string of the molecule is CCC(=O)c1cnccn1. The lowest BCUT2D eigenvalue weighted by molar-refractivity contribution is 0.0983. The van der Waals surface area contributed by atoms with Crippen molar-refractivity contribution in [3.05, 3.63) is 24.3 Å². The highest BCUT2D eigenvalue weighted by Crippen LogP contribution is 1.94. The van der Waals surface area contributed by atoms with Crippen LogP contribution in [-0.4, -0.2) is 15.8 Å². The molecule has 52 valence electrons. The predicted octanol–water partition coefficient (Wildman–Crippen LogP) is 1.07. The van der Waals surface area contributed by atoms with Crippen LogP contribution in [0.2, 0.25) is 0 Å². The van der Waals surface area contributed by atoms with Gasteiger partial charge >= 0.3 is 0 Å². The first-order valence-corrected chi connectivity index (χ1v) is 3.13. The van der Waals surface area contributed by atoms with Crippen LogP contribution in [0.25, 0.3) is 0 Å². The Bertz CT molecular complexity index is 220. The van der Waals surface area contributed by atoms with Crippen molar-refractivity contribution in [3.8, 4) is 0 Å². The molecule has 0 amide bonds. The van der Waals surface area contributed by atoms with Gasteiger partial charge < -0.3 is 0 Å². The second-order valence-corrected chi connectivity index (χ2v) is 1.87. The van der Waals surface area contributed by atoms with Crippen molar-refractivity contribution in [1.82, 2.24) is 9.97 Å². The van der Waals surface area contributed by atoms with Gasteiger partial charge in [-0.05, 0) is 0 Å². The molecule has 0 aromatic carbocycles. The molecule has 3 heteroatoms. The molecule has 0 aliphatic carbocycles. The fourth-order valence-corrected chi connectivity index (χ4v) is 0.624. The van der Waals surface area contributed by atoms with Gasteiger partial charge in [-0.25, -0.2) is 4.98 Å². The first-order chi connectivity index (χ1) is 4.84. The molecule has 10 heavy (non-hydrogen) atoms. The predicted molar refractivity (Wildman–Crippen MR) is 36.7 cm³/mol. The quantitative estimate of drug-likeness (QED) is 0.571. The minimum atomic E-state index is 0.0353. The summed E-state index contributed by atoms with van der Waals surface area (Å²) in [6, 6.07) is 0. The Balaban J connectivity index is 2.85. The van der Waals surface area contributed by atoms with Crippen molar-refractivity contribution >= 4 is 5.78 Å². The van der Waals surface area contributed by atoms with E-state index in [1.165, 1.54) is 12.4 Å². The summed E-state index contributed by atoms with van der Waals surface area (Å²) in [7, 11) is 0. The summed E-state index contributed by atoms with van der Waals surface area (Å²) in [5.74, 6) is 0.0353. The van der Waals surface area contributed by atoms with Gasteiger partial charge in [-0.3, -0.25) is 9.78 Å². The van der Waals surface area contributed by atoms with E-state index in [-0.39, 0.29) is 5.78 Å². The van der Waals surface area contributed by atoms with E-state index in [2.05, 4.69) is 9.97 Å². The molecule has 0 spiro atoms. The van der Waals surface area contributed by atoms with Crippen LogP contribution < -0.4 is 0 Å². The van der Waals surface area contributed by atoms with Gasteiger partial charge in [-0.15, -0.1) is 0 Å². The van der Waals surface area contributed by atoms with E-state index in [1.807, 2.05) is 0 Å². The van der Waals surface area contributed by atoms with E-state index >= 15 is 0 Å². The molecule has 0 fully saturated rings. The Morgan fingerprint density at radius 3 is 2.90 bits per heavy atom. The summed E-state index contributed by atoms with van der Waals surface area (Å²) in [6.07, 6.45) is 5.03. The molecule has 0 aliphatic rings. The van der Waals surface area contributed by atoms with Crippen molar-refractivity contribution in [2.75, 3.05) is 0 Å². The van der Waals surface area contributed by atoms with Gasteiger partial charge in [0.05, 0.1) is 6.20 Å². The van der Waals surface area contributed by atoms with Gasteiger partial charge in [0.25, 0.3) is 0 Å². The minimum absolute atomic E-state index is 0.0353. The third kappa shape index (κ3) is 1.37. The number of carbonyl (C=O) groups excluding carboxylic acids is 1. The second-order valence-electron chi connectivity index (χ2n) is 1.87. The van der Waals surface area contributed by atoms with Crippen molar-refractivity contribution < 1.29 is 4.79 Å². The summed E-state index contributed by atoms with van der Waals surface area (Å²) in [4.78, 5) is 18.5. The van der Waals surface area contributed by atoms with Gasteiger partial charge in [-0.2, -0.15) is 0 Å². The number of aromatic nitrogens is 2. The number of ketones is 1. The monoisotopic (exact) mass is 136 g/mol. The maximum Gasteiger partial charge on any atom is 0.182 e. The molecule has 0 bridgehead atoms. The third-order valence-corrected chi connectivity index (χ3v) is 1.17. The van der Waals surface area contributed by atoms with E-state index in [4.69, 9.17) is 0 Å². The normalized spacial score (nSPS) is 9.30. The van der Waals surface area contributed by atoms with Crippen LogP contribution in [0.4, 0.5) is 0 Å². The lowest BCUT2D eigenvalue weighted by Gasteiger charge is -1.91. The Kier molecular flexibility index (Phi) is 2.10. The fraction of sp³-hybridized carbons (Fsp3) is 0.286. The molecular weight excluding hydrogens is 128 g/mol. The van der Waals surface area contributed by atoms with Gasteiger partial charge in [0.1, 0.15) is 5.69 Å². The van der Waals surface area contributed by atoms with E-state index in [0.29, 0.717) is 12.1 Å². The molecule has 0 radical (unpaired) electrons. The standard InChI is InChI=1S/C7H8N2O/c1-2-7(10)6-5-8-3-4-9-6/h3-5H,2H2,1H3. The fourth-order valence-electron chi connectivity index (χ4n) is 0.624. The molecule has 1 aromatic heterocycles. The summed E-state index contributed by atoms with van der Waals surface area (Å²) in [6.45, 7) is 1.80. The number of nitrogens with zero attached hydrogens (tertiary/aromatic N) is 2. The lowest BCUT2D eigenvalue weighted by atomic mass is 10.2. The Hall–Kier alpha value is -1.25. The number of hydrogen-bond acceptors (Lipinski definition) is 3. The Labute approximate surface area is 59.1 Å². The van der Waals surface area contributed by atoms with Crippen LogP contribution >= 0.6 is 0 Å². The number of carbonyl (C=O) groups is 1. The topological polar surface area (TPSA) is 42.9 Å². The van der Waals surface area contributed by atoms with E-state index in [0.717, 1.165) is 0 Å². The molecule has 0 N–H and O–H groups in total. The van der Waals surface area contributed by atoms with E-state index in [1.54, 1.807) is 13.1 Å². The van der Waals surface area contributed by atoms with Crippen LogP contribution in [0.1, 0.15) is 23.8 Å². The van der Waals surface area contributed by atoms with Gasteiger partial charge in [0.2, 0.25) is 0 Å². The molecule has 0 atom stereocenters.